The number of likely N-dealkylation sites (tertiary alicyclic amines) is 1. The van der Waals surface area contributed by atoms with Crippen LogP contribution in [0.25, 0.3) is 0 Å². The van der Waals surface area contributed by atoms with Crippen LogP contribution in [0.3, 0.4) is 0 Å². The Morgan fingerprint density at radius 2 is 2.25 bits per heavy atom. The molecule has 3 nitrogen and oxygen atoms in total. The van der Waals surface area contributed by atoms with Crippen LogP contribution in [0.1, 0.15) is 19.8 Å². The fraction of sp³-hybridized carbons (Fsp3) is 0.909. The maximum atomic E-state index is 13.0. The second kappa shape index (κ2) is 5.08. The van der Waals surface area contributed by atoms with Crippen LogP contribution in [0.2, 0.25) is 0 Å². The van der Waals surface area contributed by atoms with Crippen LogP contribution < -0.4 is 0 Å². The molecule has 94 valence electrons. The molecule has 0 aromatic heterocycles. The van der Waals surface area contributed by atoms with Gasteiger partial charge in [-0.2, -0.15) is 0 Å². The molecule has 1 saturated heterocycles. The van der Waals surface area contributed by atoms with Crippen molar-refractivity contribution in [2.75, 3.05) is 27.2 Å². The van der Waals surface area contributed by atoms with Crippen molar-refractivity contribution in [2.45, 2.75) is 26.2 Å². The lowest BCUT2D eigenvalue weighted by Gasteiger charge is -2.44. The van der Waals surface area contributed by atoms with Gasteiger partial charge in [0.1, 0.15) is 0 Å². The van der Waals surface area contributed by atoms with E-state index in [1.165, 1.54) is 7.11 Å². The largest absolute Gasteiger partial charge is 0.469 e. The monoisotopic (exact) mass is 235 g/mol. The van der Waals surface area contributed by atoms with E-state index >= 15 is 0 Å². The highest BCUT2D eigenvalue weighted by atomic mass is 19.3. The standard InChI is InChI=1S/C11H19F2NO2/c1-4-11(10(15)16-3)7-14(2)6-5-8(11)9(12)13/h8-9H,4-7H2,1-3H3/t8?,11-/m1/s1. The van der Waals surface area contributed by atoms with E-state index in [1.807, 2.05) is 11.9 Å². The lowest BCUT2D eigenvalue weighted by Crippen LogP contribution is -2.54. The minimum absolute atomic E-state index is 0.344. The van der Waals surface area contributed by atoms with Crippen LogP contribution in [0, 0.1) is 11.3 Å². The van der Waals surface area contributed by atoms with Crippen LogP contribution in [0.15, 0.2) is 0 Å². The van der Waals surface area contributed by atoms with Gasteiger partial charge in [-0.05, 0) is 26.4 Å². The summed E-state index contributed by atoms with van der Waals surface area (Å²) in [6, 6.07) is 0. The number of piperidine rings is 1. The molecule has 1 aliphatic heterocycles. The summed E-state index contributed by atoms with van der Waals surface area (Å²) in [4.78, 5) is 13.7. The zero-order chi connectivity index (χ0) is 12.3. The molecule has 0 saturated carbocycles. The first-order valence-electron chi connectivity index (χ1n) is 5.53. The minimum atomic E-state index is -2.47. The van der Waals surface area contributed by atoms with Crippen LogP contribution in [-0.2, 0) is 9.53 Å². The van der Waals surface area contributed by atoms with E-state index in [1.54, 1.807) is 6.92 Å². The van der Waals surface area contributed by atoms with Gasteiger partial charge >= 0.3 is 5.97 Å². The van der Waals surface area contributed by atoms with Crippen LogP contribution in [-0.4, -0.2) is 44.5 Å². The van der Waals surface area contributed by atoms with Crippen molar-refractivity contribution in [3.05, 3.63) is 0 Å². The topological polar surface area (TPSA) is 29.5 Å². The molecule has 0 aliphatic carbocycles. The number of esters is 1. The smallest absolute Gasteiger partial charge is 0.313 e. The van der Waals surface area contributed by atoms with Crippen molar-refractivity contribution in [2.24, 2.45) is 11.3 Å². The van der Waals surface area contributed by atoms with Gasteiger partial charge in [0, 0.05) is 12.5 Å². The van der Waals surface area contributed by atoms with E-state index in [9.17, 15) is 13.6 Å². The first-order valence-corrected chi connectivity index (χ1v) is 5.53. The molecule has 1 heterocycles. The molecule has 0 aromatic rings. The van der Waals surface area contributed by atoms with Gasteiger partial charge in [-0.25, -0.2) is 8.78 Å². The first kappa shape index (κ1) is 13.4. The molecular weight excluding hydrogens is 216 g/mol. The number of hydrogen-bond acceptors (Lipinski definition) is 3. The Labute approximate surface area is 94.7 Å². The van der Waals surface area contributed by atoms with Gasteiger partial charge in [0.05, 0.1) is 12.5 Å². The third kappa shape index (κ3) is 2.19. The number of halogens is 2. The van der Waals surface area contributed by atoms with Crippen molar-refractivity contribution in [1.82, 2.24) is 4.90 Å². The van der Waals surface area contributed by atoms with E-state index < -0.39 is 23.7 Å². The van der Waals surface area contributed by atoms with Gasteiger partial charge < -0.3 is 9.64 Å². The number of rotatable bonds is 3. The van der Waals surface area contributed by atoms with Gasteiger partial charge in [-0.3, -0.25) is 4.79 Å². The highest BCUT2D eigenvalue weighted by molar-refractivity contribution is 5.77. The summed E-state index contributed by atoms with van der Waals surface area (Å²) in [6.45, 7) is 2.73. The number of hydrogen-bond donors (Lipinski definition) is 0. The zero-order valence-corrected chi connectivity index (χ0v) is 10.0. The number of ether oxygens (including phenoxy) is 1. The third-order valence-corrected chi connectivity index (χ3v) is 3.61. The predicted molar refractivity (Wildman–Crippen MR) is 56.3 cm³/mol. The Bertz CT molecular complexity index is 260. The van der Waals surface area contributed by atoms with Crippen molar-refractivity contribution < 1.29 is 18.3 Å². The fourth-order valence-electron chi connectivity index (χ4n) is 2.62. The van der Waals surface area contributed by atoms with E-state index in [4.69, 9.17) is 4.74 Å². The molecule has 0 N–H and O–H groups in total. The molecule has 0 spiro atoms. The van der Waals surface area contributed by atoms with Crippen LogP contribution in [0.4, 0.5) is 8.78 Å². The van der Waals surface area contributed by atoms with Gasteiger partial charge in [-0.15, -0.1) is 0 Å². The predicted octanol–water partition coefficient (Wildman–Crippen LogP) is 1.77. The highest BCUT2D eigenvalue weighted by Crippen LogP contribution is 2.42. The molecule has 2 atom stereocenters. The van der Waals surface area contributed by atoms with E-state index in [0.717, 1.165) is 0 Å². The molecular formula is C11H19F2NO2. The Morgan fingerprint density at radius 3 is 2.69 bits per heavy atom. The Morgan fingerprint density at radius 1 is 1.62 bits per heavy atom. The van der Waals surface area contributed by atoms with Crippen molar-refractivity contribution >= 4 is 5.97 Å². The summed E-state index contributed by atoms with van der Waals surface area (Å²) in [5.41, 5.74) is -1.05. The second-order valence-electron chi connectivity index (χ2n) is 4.47. The molecule has 16 heavy (non-hydrogen) atoms. The Kier molecular flexibility index (Phi) is 4.24. The molecule has 0 aromatic carbocycles. The highest BCUT2D eigenvalue weighted by Gasteiger charge is 2.51. The number of alkyl halides is 2. The summed E-state index contributed by atoms with van der Waals surface area (Å²) in [6.07, 6.45) is -1.73. The van der Waals surface area contributed by atoms with Crippen LogP contribution >= 0.6 is 0 Å². The quantitative estimate of drug-likeness (QED) is 0.698. The molecule has 0 bridgehead atoms. The zero-order valence-electron chi connectivity index (χ0n) is 10.0. The van der Waals surface area contributed by atoms with Gasteiger partial charge in [0.25, 0.3) is 0 Å². The fourth-order valence-corrected chi connectivity index (χ4v) is 2.62. The molecule has 1 aliphatic rings. The SMILES string of the molecule is CC[C@@]1(C(=O)OC)CN(C)CCC1C(F)F. The van der Waals surface area contributed by atoms with Crippen molar-refractivity contribution in [3.63, 3.8) is 0 Å². The third-order valence-electron chi connectivity index (χ3n) is 3.61. The summed E-state index contributed by atoms with van der Waals surface area (Å²) in [5.74, 6) is -1.40. The van der Waals surface area contributed by atoms with E-state index in [-0.39, 0.29) is 0 Å². The van der Waals surface area contributed by atoms with Crippen LogP contribution in [0.5, 0.6) is 0 Å². The molecule has 1 unspecified atom stereocenters. The van der Waals surface area contributed by atoms with Crippen molar-refractivity contribution in [1.29, 1.82) is 0 Å². The summed E-state index contributed by atoms with van der Waals surface area (Å²) in [5, 5.41) is 0. The Balaban J connectivity index is 3.02. The molecule has 1 rings (SSSR count). The second-order valence-corrected chi connectivity index (χ2v) is 4.47. The van der Waals surface area contributed by atoms with E-state index in [2.05, 4.69) is 0 Å². The summed E-state index contributed by atoms with van der Waals surface area (Å²) in [7, 11) is 3.10. The molecule has 0 amide bonds. The van der Waals surface area contributed by atoms with Gasteiger partial charge in [0.2, 0.25) is 6.43 Å². The number of nitrogens with zero attached hydrogens (tertiary/aromatic N) is 1. The molecule has 0 radical (unpaired) electrons. The maximum absolute atomic E-state index is 13.0. The summed E-state index contributed by atoms with van der Waals surface area (Å²) >= 11 is 0. The average Bonchev–Trinajstić information content (AvgIpc) is 2.26. The Hall–Kier alpha value is -0.710. The van der Waals surface area contributed by atoms with Gasteiger partial charge in [-0.1, -0.05) is 6.92 Å². The average molecular weight is 235 g/mol. The minimum Gasteiger partial charge on any atom is -0.469 e. The lowest BCUT2D eigenvalue weighted by atomic mass is 9.69. The normalized spacial score (nSPS) is 31.8. The van der Waals surface area contributed by atoms with E-state index in [0.29, 0.717) is 25.9 Å². The maximum Gasteiger partial charge on any atom is 0.313 e. The number of carbonyl (C=O) groups is 1. The number of carbonyl (C=O) groups excluding carboxylic acids is 1. The molecule has 5 heteroatoms. The van der Waals surface area contributed by atoms with Gasteiger partial charge in [0.15, 0.2) is 0 Å². The first-order chi connectivity index (χ1) is 7.47. The lowest BCUT2D eigenvalue weighted by molar-refractivity contribution is -0.168. The molecule has 1 fully saturated rings. The van der Waals surface area contributed by atoms with Crippen molar-refractivity contribution in [3.8, 4) is 0 Å². The number of methoxy groups -OCH3 is 1. The summed E-state index contributed by atoms with van der Waals surface area (Å²) < 4.78 is 30.7.